The Morgan fingerprint density at radius 3 is 2.69 bits per heavy atom. The molecule has 0 saturated heterocycles. The molecule has 3 aromatic rings. The molecule has 1 fully saturated rings. The zero-order chi connectivity index (χ0) is 22.5. The van der Waals surface area contributed by atoms with E-state index in [-0.39, 0.29) is 16.6 Å². The molecule has 0 radical (unpaired) electrons. The Balaban J connectivity index is 1.45. The van der Waals surface area contributed by atoms with E-state index < -0.39 is 16.1 Å². The number of pyridine rings is 1. The number of fused-ring (bicyclic) bond motifs is 1. The molecule has 2 N–H and O–H groups in total. The second-order valence-electron chi connectivity index (χ2n) is 8.27. The summed E-state index contributed by atoms with van der Waals surface area (Å²) in [5.74, 6) is 0. The molecule has 2 aliphatic rings. The summed E-state index contributed by atoms with van der Waals surface area (Å²) in [7, 11) is -2.45. The molecule has 0 unspecified atom stereocenters. The molecule has 2 heterocycles. The van der Waals surface area contributed by atoms with Crippen molar-refractivity contribution in [2.45, 2.75) is 43.2 Å². The summed E-state index contributed by atoms with van der Waals surface area (Å²) in [5, 5.41) is 6.64. The van der Waals surface area contributed by atoms with Gasteiger partial charge in [-0.1, -0.05) is 12.1 Å². The van der Waals surface area contributed by atoms with Crippen molar-refractivity contribution in [3.63, 3.8) is 0 Å². The lowest BCUT2D eigenvalue weighted by atomic mass is 9.98. The Hall–Kier alpha value is -3.40. The Morgan fingerprint density at radius 1 is 1.12 bits per heavy atom. The van der Waals surface area contributed by atoms with Crippen LogP contribution in [0.5, 0.6) is 0 Å². The van der Waals surface area contributed by atoms with E-state index in [1.165, 1.54) is 16.7 Å². The van der Waals surface area contributed by atoms with Crippen molar-refractivity contribution in [2.24, 2.45) is 7.05 Å². The van der Waals surface area contributed by atoms with Crippen molar-refractivity contribution in [1.29, 1.82) is 0 Å². The van der Waals surface area contributed by atoms with Gasteiger partial charge in [-0.15, -0.1) is 0 Å². The Labute approximate surface area is 185 Å². The molecule has 166 valence electrons. The van der Waals surface area contributed by atoms with Gasteiger partial charge in [-0.2, -0.15) is 13.5 Å². The fourth-order valence-corrected chi connectivity index (χ4v) is 4.93. The minimum absolute atomic E-state index is 0.174. The van der Waals surface area contributed by atoms with Crippen LogP contribution < -0.4 is 15.6 Å². The molecule has 2 aromatic heterocycles. The van der Waals surface area contributed by atoms with Crippen LogP contribution in [0.1, 0.15) is 36.4 Å². The number of hydrogen-bond donors (Lipinski definition) is 2. The van der Waals surface area contributed by atoms with Crippen molar-refractivity contribution < 1.29 is 13.2 Å². The monoisotopic (exact) mass is 453 g/mol. The number of hydrogen-bond acceptors (Lipinski definition) is 5. The molecule has 2 amide bonds. The first kappa shape index (κ1) is 20.5. The molecule has 0 atom stereocenters. The lowest BCUT2D eigenvalue weighted by Crippen LogP contribution is -2.35. The SMILES string of the molecule is Cn1ccc(-c2ccc3c(c2NC(=O)NS(=O)(=O)c2ccn(C4CC4)n2)CCC3)cc1=O. The highest BCUT2D eigenvalue weighted by Gasteiger charge is 2.28. The first-order chi connectivity index (χ1) is 15.3. The van der Waals surface area contributed by atoms with Crippen LogP contribution in [-0.4, -0.2) is 28.8 Å². The maximum absolute atomic E-state index is 12.8. The summed E-state index contributed by atoms with van der Waals surface area (Å²) in [4.78, 5) is 24.9. The van der Waals surface area contributed by atoms with E-state index in [1.54, 1.807) is 30.2 Å². The van der Waals surface area contributed by atoms with Gasteiger partial charge in [-0.25, -0.2) is 9.52 Å². The third-order valence-corrected chi connectivity index (χ3v) is 7.17. The van der Waals surface area contributed by atoms with Crippen LogP contribution in [0.4, 0.5) is 10.5 Å². The minimum Gasteiger partial charge on any atom is -0.319 e. The standard InChI is InChI=1S/C22H23N5O4S/c1-26-11-9-15(13-20(26)28)18-8-5-14-3-2-4-17(14)21(18)23-22(29)25-32(30,31)19-10-12-27(24-19)16-6-7-16/h5,8-13,16H,2-4,6-7H2,1H3,(H2,23,25,29). The number of amides is 2. The number of anilines is 1. The number of carbonyl (C=O) groups excluding carboxylic acids is 1. The fourth-order valence-electron chi connectivity index (χ4n) is 4.09. The zero-order valence-corrected chi connectivity index (χ0v) is 18.4. The van der Waals surface area contributed by atoms with Crippen LogP contribution in [0.2, 0.25) is 0 Å². The largest absolute Gasteiger partial charge is 0.333 e. The third-order valence-electron chi connectivity index (χ3n) is 5.94. The normalized spacial score (nSPS) is 15.4. The van der Waals surface area contributed by atoms with Crippen LogP contribution >= 0.6 is 0 Å². The lowest BCUT2D eigenvalue weighted by Gasteiger charge is -2.16. The van der Waals surface area contributed by atoms with E-state index in [0.29, 0.717) is 16.8 Å². The number of nitrogens with one attached hydrogen (secondary N) is 2. The Bertz CT molecular complexity index is 1390. The summed E-state index contributed by atoms with van der Waals surface area (Å²) in [6.45, 7) is 0. The highest BCUT2D eigenvalue weighted by molar-refractivity contribution is 7.90. The fraction of sp³-hybridized carbons (Fsp3) is 0.318. The molecule has 32 heavy (non-hydrogen) atoms. The van der Waals surface area contributed by atoms with Gasteiger partial charge in [-0.3, -0.25) is 9.48 Å². The van der Waals surface area contributed by atoms with E-state index >= 15 is 0 Å². The van der Waals surface area contributed by atoms with E-state index in [4.69, 9.17) is 0 Å². The van der Waals surface area contributed by atoms with E-state index in [0.717, 1.165) is 43.2 Å². The van der Waals surface area contributed by atoms with Gasteiger partial charge in [0.1, 0.15) is 0 Å². The van der Waals surface area contributed by atoms with Crippen LogP contribution in [0.3, 0.4) is 0 Å². The molecule has 2 aliphatic carbocycles. The van der Waals surface area contributed by atoms with Gasteiger partial charge in [0.15, 0.2) is 5.03 Å². The predicted molar refractivity (Wildman–Crippen MR) is 119 cm³/mol. The maximum Gasteiger partial charge on any atom is 0.333 e. The van der Waals surface area contributed by atoms with Crippen LogP contribution in [0.15, 0.2) is 52.5 Å². The number of aryl methyl sites for hydroxylation is 2. The van der Waals surface area contributed by atoms with Crippen molar-refractivity contribution in [2.75, 3.05) is 5.32 Å². The number of carbonyl (C=O) groups is 1. The first-order valence-corrected chi connectivity index (χ1v) is 12.0. The van der Waals surface area contributed by atoms with Crippen molar-refractivity contribution in [3.8, 4) is 11.1 Å². The van der Waals surface area contributed by atoms with Gasteiger partial charge in [0.2, 0.25) is 0 Å². The molecular formula is C22H23N5O4S. The van der Waals surface area contributed by atoms with Gasteiger partial charge in [0, 0.05) is 31.1 Å². The number of benzene rings is 1. The lowest BCUT2D eigenvalue weighted by molar-refractivity contribution is 0.256. The van der Waals surface area contributed by atoms with E-state index in [1.807, 2.05) is 12.1 Å². The number of urea groups is 1. The average Bonchev–Trinajstić information content (AvgIpc) is 3.26. The van der Waals surface area contributed by atoms with Gasteiger partial charge in [-0.05, 0) is 60.9 Å². The van der Waals surface area contributed by atoms with E-state index in [2.05, 4.69) is 15.1 Å². The summed E-state index contributed by atoms with van der Waals surface area (Å²) in [5.41, 5.74) is 3.77. The van der Waals surface area contributed by atoms with Crippen LogP contribution in [0, 0.1) is 0 Å². The summed E-state index contributed by atoms with van der Waals surface area (Å²) >= 11 is 0. The summed E-state index contributed by atoms with van der Waals surface area (Å²) < 4.78 is 30.5. The molecule has 9 nitrogen and oxygen atoms in total. The average molecular weight is 454 g/mol. The molecule has 1 saturated carbocycles. The molecular weight excluding hydrogens is 430 g/mol. The number of aromatic nitrogens is 3. The van der Waals surface area contributed by atoms with Crippen LogP contribution in [0.25, 0.3) is 11.1 Å². The number of sulfonamides is 1. The molecule has 5 rings (SSSR count). The van der Waals surface area contributed by atoms with Gasteiger partial charge >= 0.3 is 6.03 Å². The first-order valence-electron chi connectivity index (χ1n) is 10.5. The zero-order valence-electron chi connectivity index (χ0n) is 17.5. The second-order valence-corrected chi connectivity index (χ2v) is 9.90. The third kappa shape index (κ3) is 3.81. The van der Waals surface area contributed by atoms with Gasteiger partial charge in [0.05, 0.1) is 11.7 Å². The predicted octanol–water partition coefficient (Wildman–Crippen LogP) is 2.58. The Kier molecular flexibility index (Phi) is 4.89. The molecule has 0 aliphatic heterocycles. The summed E-state index contributed by atoms with van der Waals surface area (Å²) in [6.07, 6.45) is 7.82. The van der Waals surface area contributed by atoms with Crippen molar-refractivity contribution in [1.82, 2.24) is 19.1 Å². The molecule has 1 aromatic carbocycles. The maximum atomic E-state index is 12.8. The molecule has 0 bridgehead atoms. The van der Waals surface area contributed by atoms with Crippen molar-refractivity contribution >= 4 is 21.7 Å². The van der Waals surface area contributed by atoms with Gasteiger partial charge in [0.25, 0.3) is 15.6 Å². The van der Waals surface area contributed by atoms with Crippen LogP contribution in [-0.2, 0) is 29.9 Å². The molecule has 0 spiro atoms. The topological polar surface area (TPSA) is 115 Å². The summed E-state index contributed by atoms with van der Waals surface area (Å²) in [6, 6.07) is 7.92. The number of nitrogens with zero attached hydrogens (tertiary/aromatic N) is 3. The molecule has 10 heteroatoms. The smallest absolute Gasteiger partial charge is 0.319 e. The minimum atomic E-state index is -4.12. The van der Waals surface area contributed by atoms with E-state index in [9.17, 15) is 18.0 Å². The highest BCUT2D eigenvalue weighted by atomic mass is 32.2. The quantitative estimate of drug-likeness (QED) is 0.616. The number of rotatable bonds is 5. The Morgan fingerprint density at radius 2 is 1.94 bits per heavy atom. The van der Waals surface area contributed by atoms with Crippen molar-refractivity contribution in [3.05, 3.63) is 64.2 Å². The van der Waals surface area contributed by atoms with Gasteiger partial charge < -0.3 is 9.88 Å². The second kappa shape index (κ2) is 7.63. The highest BCUT2D eigenvalue weighted by Crippen LogP contribution is 2.37.